The van der Waals surface area contributed by atoms with Crippen LogP contribution in [0, 0.1) is 5.82 Å². The number of halogens is 2. The second kappa shape index (κ2) is 6.67. The molecular weight excluding hydrogens is 299 g/mol. The van der Waals surface area contributed by atoms with Crippen molar-refractivity contribution in [1.29, 1.82) is 0 Å². The molecule has 0 aliphatic rings. The topological polar surface area (TPSA) is 65.2 Å². The van der Waals surface area contributed by atoms with Crippen molar-refractivity contribution in [3.05, 3.63) is 46.3 Å². The predicted molar refractivity (Wildman–Crippen MR) is 73.6 cm³/mol. The molecule has 0 N–H and O–H groups in total. The number of esters is 1. The SMILES string of the molecule is CCOC(=O)C(C)c1nc(Cc2ccc(F)cc2Cl)no1. The van der Waals surface area contributed by atoms with Crippen LogP contribution in [0.5, 0.6) is 0 Å². The molecule has 0 aliphatic carbocycles. The molecule has 2 rings (SSSR count). The zero-order chi connectivity index (χ0) is 15.4. The first-order chi connectivity index (χ1) is 10.0. The zero-order valence-corrected chi connectivity index (χ0v) is 12.4. The fraction of sp³-hybridized carbons (Fsp3) is 0.357. The summed E-state index contributed by atoms with van der Waals surface area (Å²) in [6, 6.07) is 4.09. The van der Waals surface area contributed by atoms with E-state index in [0.29, 0.717) is 16.4 Å². The summed E-state index contributed by atoms with van der Waals surface area (Å²) < 4.78 is 22.9. The molecule has 0 aliphatic heterocycles. The summed E-state index contributed by atoms with van der Waals surface area (Å²) in [6.07, 6.45) is 0.290. The average Bonchev–Trinajstić information content (AvgIpc) is 2.90. The molecule has 21 heavy (non-hydrogen) atoms. The van der Waals surface area contributed by atoms with Crippen molar-refractivity contribution in [2.75, 3.05) is 6.61 Å². The highest BCUT2D eigenvalue weighted by atomic mass is 35.5. The van der Waals surface area contributed by atoms with Gasteiger partial charge in [0.15, 0.2) is 5.82 Å². The quantitative estimate of drug-likeness (QED) is 0.794. The van der Waals surface area contributed by atoms with E-state index in [2.05, 4.69) is 10.1 Å². The molecule has 0 saturated heterocycles. The van der Waals surface area contributed by atoms with Gasteiger partial charge in [-0.05, 0) is 31.5 Å². The van der Waals surface area contributed by atoms with Crippen molar-refractivity contribution < 1.29 is 18.4 Å². The third-order valence-corrected chi connectivity index (χ3v) is 3.21. The Hall–Kier alpha value is -1.95. The number of hydrogen-bond acceptors (Lipinski definition) is 5. The third kappa shape index (κ3) is 3.78. The first-order valence-corrected chi connectivity index (χ1v) is 6.82. The maximum Gasteiger partial charge on any atom is 0.318 e. The van der Waals surface area contributed by atoms with Gasteiger partial charge in [-0.3, -0.25) is 4.79 Å². The highest BCUT2D eigenvalue weighted by Gasteiger charge is 2.23. The van der Waals surface area contributed by atoms with E-state index in [1.807, 2.05) is 0 Å². The van der Waals surface area contributed by atoms with Crippen LogP contribution in [0.3, 0.4) is 0 Å². The number of benzene rings is 1. The lowest BCUT2D eigenvalue weighted by atomic mass is 10.1. The van der Waals surface area contributed by atoms with Crippen LogP contribution in [-0.4, -0.2) is 22.7 Å². The molecular formula is C14H14ClFN2O3. The fourth-order valence-electron chi connectivity index (χ4n) is 1.72. The summed E-state index contributed by atoms with van der Waals surface area (Å²) in [6.45, 7) is 3.63. The Morgan fingerprint density at radius 3 is 2.95 bits per heavy atom. The van der Waals surface area contributed by atoms with Gasteiger partial charge in [0.2, 0.25) is 5.89 Å². The van der Waals surface area contributed by atoms with E-state index in [4.69, 9.17) is 20.9 Å². The minimum absolute atomic E-state index is 0.182. The normalized spacial score (nSPS) is 12.2. The summed E-state index contributed by atoms with van der Waals surface area (Å²) >= 11 is 5.94. The molecule has 1 unspecified atom stereocenters. The predicted octanol–water partition coefficient (Wildman–Crippen LogP) is 3.12. The van der Waals surface area contributed by atoms with Gasteiger partial charge in [-0.25, -0.2) is 4.39 Å². The number of carbonyl (C=O) groups excluding carboxylic acids is 1. The van der Waals surface area contributed by atoms with Crippen LogP contribution < -0.4 is 0 Å². The molecule has 0 bridgehead atoms. The average molecular weight is 313 g/mol. The Morgan fingerprint density at radius 1 is 1.52 bits per heavy atom. The lowest BCUT2D eigenvalue weighted by Gasteiger charge is -2.04. The van der Waals surface area contributed by atoms with Crippen LogP contribution in [0.4, 0.5) is 4.39 Å². The molecule has 0 radical (unpaired) electrons. The molecule has 5 nitrogen and oxygen atoms in total. The molecule has 1 aromatic heterocycles. The highest BCUT2D eigenvalue weighted by Crippen LogP contribution is 2.21. The smallest absolute Gasteiger partial charge is 0.318 e. The molecule has 1 atom stereocenters. The van der Waals surface area contributed by atoms with Gasteiger partial charge < -0.3 is 9.26 Å². The monoisotopic (exact) mass is 312 g/mol. The van der Waals surface area contributed by atoms with E-state index in [0.717, 1.165) is 0 Å². The van der Waals surface area contributed by atoms with Gasteiger partial charge in [-0.15, -0.1) is 0 Å². The molecule has 2 aromatic rings. The Kier molecular flexibility index (Phi) is 4.90. The zero-order valence-electron chi connectivity index (χ0n) is 11.6. The number of nitrogens with zero attached hydrogens (tertiary/aromatic N) is 2. The van der Waals surface area contributed by atoms with Gasteiger partial charge >= 0.3 is 5.97 Å². The van der Waals surface area contributed by atoms with Gasteiger partial charge in [0.25, 0.3) is 0 Å². The van der Waals surface area contributed by atoms with Crippen molar-refractivity contribution in [3.63, 3.8) is 0 Å². The van der Waals surface area contributed by atoms with Crippen molar-refractivity contribution in [2.24, 2.45) is 0 Å². The number of rotatable bonds is 5. The van der Waals surface area contributed by atoms with Gasteiger partial charge in [-0.2, -0.15) is 4.98 Å². The number of carbonyl (C=O) groups is 1. The minimum Gasteiger partial charge on any atom is -0.465 e. The lowest BCUT2D eigenvalue weighted by molar-refractivity contribution is -0.145. The summed E-state index contributed by atoms with van der Waals surface area (Å²) in [5, 5.41) is 4.08. The molecule has 0 saturated carbocycles. The molecule has 0 spiro atoms. The number of hydrogen-bond donors (Lipinski definition) is 0. The molecule has 1 aromatic carbocycles. The van der Waals surface area contributed by atoms with Crippen molar-refractivity contribution in [1.82, 2.24) is 10.1 Å². The van der Waals surface area contributed by atoms with Crippen LogP contribution in [0.2, 0.25) is 5.02 Å². The molecule has 1 heterocycles. The Bertz CT molecular complexity index is 645. The molecule has 112 valence electrons. The Morgan fingerprint density at radius 2 is 2.29 bits per heavy atom. The van der Waals surface area contributed by atoms with E-state index in [9.17, 15) is 9.18 Å². The maximum absolute atomic E-state index is 13.0. The summed E-state index contributed by atoms with van der Waals surface area (Å²) in [4.78, 5) is 15.7. The van der Waals surface area contributed by atoms with Gasteiger partial charge in [0.1, 0.15) is 11.7 Å². The van der Waals surface area contributed by atoms with Crippen LogP contribution >= 0.6 is 11.6 Å². The lowest BCUT2D eigenvalue weighted by Crippen LogP contribution is -2.13. The van der Waals surface area contributed by atoms with Crippen molar-refractivity contribution in [3.8, 4) is 0 Å². The van der Waals surface area contributed by atoms with E-state index in [1.54, 1.807) is 19.9 Å². The Labute approximate surface area is 126 Å². The third-order valence-electron chi connectivity index (χ3n) is 2.86. The molecule has 7 heteroatoms. The van der Waals surface area contributed by atoms with Crippen molar-refractivity contribution >= 4 is 17.6 Å². The minimum atomic E-state index is -0.630. The highest BCUT2D eigenvalue weighted by molar-refractivity contribution is 6.31. The van der Waals surface area contributed by atoms with E-state index in [-0.39, 0.29) is 18.9 Å². The van der Waals surface area contributed by atoms with Gasteiger partial charge in [0.05, 0.1) is 6.61 Å². The molecule has 0 fully saturated rings. The Balaban J connectivity index is 2.11. The maximum atomic E-state index is 13.0. The summed E-state index contributed by atoms with van der Waals surface area (Å²) in [5.41, 5.74) is 0.675. The second-order valence-electron chi connectivity index (χ2n) is 4.44. The summed E-state index contributed by atoms with van der Waals surface area (Å²) in [5.74, 6) is -0.910. The first-order valence-electron chi connectivity index (χ1n) is 6.44. The first kappa shape index (κ1) is 15.4. The van der Waals surface area contributed by atoms with Crippen LogP contribution in [0.25, 0.3) is 0 Å². The molecule has 0 amide bonds. The summed E-state index contributed by atoms with van der Waals surface area (Å²) in [7, 11) is 0. The standard InChI is InChI=1S/C14H14ClFN2O3/c1-3-20-14(19)8(2)13-17-12(18-21-13)6-9-4-5-10(16)7-11(9)15/h4-5,7-8H,3,6H2,1-2H3. The van der Waals surface area contributed by atoms with Crippen molar-refractivity contribution in [2.45, 2.75) is 26.2 Å². The number of ether oxygens (including phenoxy) is 1. The van der Waals surface area contributed by atoms with E-state index in [1.165, 1.54) is 12.1 Å². The van der Waals surface area contributed by atoms with Crippen LogP contribution in [0.1, 0.15) is 37.0 Å². The number of aromatic nitrogens is 2. The van der Waals surface area contributed by atoms with Gasteiger partial charge in [-0.1, -0.05) is 22.8 Å². The fourth-order valence-corrected chi connectivity index (χ4v) is 1.95. The van der Waals surface area contributed by atoms with Crippen LogP contribution in [-0.2, 0) is 16.0 Å². The van der Waals surface area contributed by atoms with E-state index < -0.39 is 17.7 Å². The van der Waals surface area contributed by atoms with Gasteiger partial charge in [0, 0.05) is 11.4 Å². The second-order valence-corrected chi connectivity index (χ2v) is 4.84. The van der Waals surface area contributed by atoms with Crippen LogP contribution in [0.15, 0.2) is 22.7 Å². The largest absolute Gasteiger partial charge is 0.465 e. The van der Waals surface area contributed by atoms with E-state index >= 15 is 0 Å².